The van der Waals surface area contributed by atoms with E-state index in [-0.39, 0.29) is 24.5 Å². The number of nitrogens with one attached hydrogen (secondary N) is 1. The van der Waals surface area contributed by atoms with Gasteiger partial charge in [-0.2, -0.15) is 0 Å². The van der Waals surface area contributed by atoms with Crippen molar-refractivity contribution in [2.45, 2.75) is 18.5 Å². The van der Waals surface area contributed by atoms with Crippen LogP contribution in [0.5, 0.6) is 0 Å². The molecule has 1 aromatic carbocycles. The number of furan rings is 1. The highest BCUT2D eigenvalue weighted by Gasteiger charge is 2.41. The zero-order chi connectivity index (χ0) is 21.1. The van der Waals surface area contributed by atoms with Gasteiger partial charge in [-0.1, -0.05) is 34.1 Å². The lowest BCUT2D eigenvalue weighted by Gasteiger charge is -2.25. The van der Waals surface area contributed by atoms with Gasteiger partial charge in [-0.05, 0) is 48.6 Å². The van der Waals surface area contributed by atoms with Gasteiger partial charge in [0.15, 0.2) is 5.11 Å². The third-order valence-corrected chi connectivity index (χ3v) is 5.91. The maximum absolute atomic E-state index is 11.7. The summed E-state index contributed by atoms with van der Waals surface area (Å²) in [6.45, 7) is 0.417. The number of hydrogen-bond donors (Lipinski definition) is 1. The summed E-state index contributed by atoms with van der Waals surface area (Å²) < 4.78 is 12.1. The number of esters is 1. The smallest absolute Gasteiger partial charge is 0.307 e. The van der Waals surface area contributed by atoms with Gasteiger partial charge >= 0.3 is 5.97 Å². The Kier molecular flexibility index (Phi) is 6.15. The van der Waals surface area contributed by atoms with E-state index in [4.69, 9.17) is 21.4 Å². The highest BCUT2D eigenvalue weighted by Crippen LogP contribution is 2.40. The average molecular weight is 486 g/mol. The molecule has 2 aromatic heterocycles. The van der Waals surface area contributed by atoms with Crippen LogP contribution in [0.2, 0.25) is 0 Å². The maximum atomic E-state index is 11.7. The van der Waals surface area contributed by atoms with Gasteiger partial charge < -0.3 is 19.4 Å². The molecule has 1 fully saturated rings. The molecular weight excluding hydrogens is 466 g/mol. The molecule has 0 radical (unpaired) electrons. The van der Waals surface area contributed by atoms with Gasteiger partial charge in [0, 0.05) is 22.8 Å². The number of pyridine rings is 1. The molecule has 3 heterocycles. The Morgan fingerprint density at radius 2 is 2.03 bits per heavy atom. The van der Waals surface area contributed by atoms with Gasteiger partial charge in [0.05, 0.1) is 25.3 Å². The number of thiocarbonyl (C=S) groups is 1. The zero-order valence-corrected chi connectivity index (χ0v) is 18.7. The third kappa shape index (κ3) is 4.24. The van der Waals surface area contributed by atoms with Crippen molar-refractivity contribution in [3.05, 3.63) is 76.7 Å². The van der Waals surface area contributed by atoms with E-state index in [1.807, 2.05) is 59.5 Å². The van der Waals surface area contributed by atoms with Crippen LogP contribution in [-0.2, 0) is 9.53 Å². The van der Waals surface area contributed by atoms with Gasteiger partial charge in [-0.15, -0.1) is 0 Å². The second-order valence-corrected chi connectivity index (χ2v) is 8.16. The van der Waals surface area contributed by atoms with Crippen LogP contribution in [-0.4, -0.2) is 34.6 Å². The standard InChI is InChI=1S/C22H20BrN3O3S/c1-28-19(27)11-13-26-21(20(25-22(26)30)16-4-2-3-12-24-16)18-10-9-17(29-18)14-5-7-15(23)8-6-14/h2-10,12,20-21H,11,13H2,1H3,(H,25,30)/t20-,21-/m0/s1. The van der Waals surface area contributed by atoms with E-state index < -0.39 is 0 Å². The van der Waals surface area contributed by atoms with Crippen molar-refractivity contribution in [1.82, 2.24) is 15.2 Å². The second-order valence-electron chi connectivity index (χ2n) is 6.86. The molecule has 8 heteroatoms. The van der Waals surface area contributed by atoms with Crippen LogP contribution in [0.15, 0.2) is 69.7 Å². The topological polar surface area (TPSA) is 67.6 Å². The Bertz CT molecular complexity index is 1040. The molecule has 1 N–H and O–H groups in total. The van der Waals surface area contributed by atoms with Crippen molar-refractivity contribution < 1.29 is 13.9 Å². The number of halogens is 1. The number of carbonyl (C=O) groups excluding carboxylic acids is 1. The number of benzene rings is 1. The molecule has 0 saturated carbocycles. The van der Waals surface area contributed by atoms with E-state index in [1.165, 1.54) is 7.11 Å². The Labute approximate surface area is 188 Å². The van der Waals surface area contributed by atoms with E-state index in [9.17, 15) is 4.79 Å². The number of aromatic nitrogens is 1. The number of rotatable bonds is 6. The highest BCUT2D eigenvalue weighted by atomic mass is 79.9. The quantitative estimate of drug-likeness (QED) is 0.402. The van der Waals surface area contributed by atoms with Crippen molar-refractivity contribution in [3.63, 3.8) is 0 Å². The molecule has 6 nitrogen and oxygen atoms in total. The van der Waals surface area contributed by atoms with Crippen molar-refractivity contribution >= 4 is 39.2 Å². The molecule has 1 saturated heterocycles. The second kappa shape index (κ2) is 8.97. The van der Waals surface area contributed by atoms with Crippen molar-refractivity contribution in [1.29, 1.82) is 0 Å². The first kappa shape index (κ1) is 20.6. The van der Waals surface area contributed by atoms with Crippen molar-refractivity contribution in [2.75, 3.05) is 13.7 Å². The van der Waals surface area contributed by atoms with Crippen LogP contribution in [0, 0.1) is 0 Å². The molecule has 0 aliphatic carbocycles. The Hall–Kier alpha value is -2.71. The molecule has 2 atom stereocenters. The summed E-state index contributed by atoms with van der Waals surface area (Å²) >= 11 is 9.04. The van der Waals surface area contributed by atoms with Crippen LogP contribution >= 0.6 is 28.1 Å². The van der Waals surface area contributed by atoms with Gasteiger partial charge in [0.2, 0.25) is 0 Å². The number of ether oxygens (including phenoxy) is 1. The average Bonchev–Trinajstić information content (AvgIpc) is 3.37. The fraction of sp³-hybridized carbons (Fsp3) is 0.227. The van der Waals surface area contributed by atoms with Crippen molar-refractivity contribution in [2.24, 2.45) is 0 Å². The largest absolute Gasteiger partial charge is 0.469 e. The predicted octanol–water partition coefficient (Wildman–Crippen LogP) is 4.64. The minimum atomic E-state index is -0.284. The lowest BCUT2D eigenvalue weighted by molar-refractivity contribution is -0.140. The third-order valence-electron chi connectivity index (χ3n) is 5.03. The van der Waals surface area contributed by atoms with Crippen LogP contribution in [0.3, 0.4) is 0 Å². The van der Waals surface area contributed by atoms with Crippen LogP contribution in [0.25, 0.3) is 11.3 Å². The molecule has 1 aliphatic rings. The molecule has 3 aromatic rings. The highest BCUT2D eigenvalue weighted by molar-refractivity contribution is 9.10. The van der Waals surface area contributed by atoms with E-state index >= 15 is 0 Å². The maximum Gasteiger partial charge on any atom is 0.307 e. The predicted molar refractivity (Wildman–Crippen MR) is 121 cm³/mol. The fourth-order valence-electron chi connectivity index (χ4n) is 3.55. The zero-order valence-electron chi connectivity index (χ0n) is 16.2. The molecule has 30 heavy (non-hydrogen) atoms. The van der Waals surface area contributed by atoms with Crippen LogP contribution in [0.1, 0.15) is 30.0 Å². The molecular formula is C22H20BrN3O3S. The summed E-state index contributed by atoms with van der Waals surface area (Å²) in [5.74, 6) is 1.23. The summed E-state index contributed by atoms with van der Waals surface area (Å²) in [6, 6.07) is 17.2. The summed E-state index contributed by atoms with van der Waals surface area (Å²) in [7, 11) is 1.38. The summed E-state index contributed by atoms with van der Waals surface area (Å²) in [6.07, 6.45) is 1.98. The van der Waals surface area contributed by atoms with Gasteiger partial charge in [0.1, 0.15) is 17.6 Å². The summed E-state index contributed by atoms with van der Waals surface area (Å²) in [5.41, 5.74) is 1.83. The van der Waals surface area contributed by atoms with E-state index in [1.54, 1.807) is 6.20 Å². The Morgan fingerprint density at radius 3 is 2.73 bits per heavy atom. The monoisotopic (exact) mass is 485 g/mol. The van der Waals surface area contributed by atoms with Gasteiger partial charge in [0.25, 0.3) is 0 Å². The Morgan fingerprint density at radius 1 is 1.23 bits per heavy atom. The molecule has 0 unspecified atom stereocenters. The number of hydrogen-bond acceptors (Lipinski definition) is 5. The lowest BCUT2D eigenvalue weighted by Crippen LogP contribution is -2.31. The first-order chi connectivity index (χ1) is 14.6. The summed E-state index contributed by atoms with van der Waals surface area (Å²) in [5, 5.41) is 3.90. The van der Waals surface area contributed by atoms with Crippen LogP contribution in [0.4, 0.5) is 0 Å². The minimum Gasteiger partial charge on any atom is -0.469 e. The first-order valence-electron chi connectivity index (χ1n) is 9.47. The molecule has 154 valence electrons. The minimum absolute atomic E-state index is 0.194. The van der Waals surface area contributed by atoms with Gasteiger partial charge in [-0.25, -0.2) is 0 Å². The lowest BCUT2D eigenvalue weighted by atomic mass is 10.0. The molecule has 0 spiro atoms. The Balaban J connectivity index is 1.68. The SMILES string of the molecule is COC(=O)CCN1C(=S)N[C@@H](c2ccccn2)[C@@H]1c1ccc(-c2ccc(Br)cc2)o1. The normalized spacial score (nSPS) is 18.3. The molecule has 0 bridgehead atoms. The first-order valence-corrected chi connectivity index (χ1v) is 10.7. The van der Waals surface area contributed by atoms with E-state index in [0.29, 0.717) is 11.7 Å². The molecule has 4 rings (SSSR count). The fourth-order valence-corrected chi connectivity index (χ4v) is 4.15. The number of nitrogens with zero attached hydrogens (tertiary/aromatic N) is 2. The van der Waals surface area contributed by atoms with Crippen molar-refractivity contribution in [3.8, 4) is 11.3 Å². The number of methoxy groups -OCH3 is 1. The summed E-state index contributed by atoms with van der Waals surface area (Å²) in [4.78, 5) is 18.2. The van der Waals surface area contributed by atoms with E-state index in [0.717, 1.165) is 27.3 Å². The van der Waals surface area contributed by atoms with Gasteiger partial charge in [-0.3, -0.25) is 9.78 Å². The van der Waals surface area contributed by atoms with Crippen LogP contribution < -0.4 is 5.32 Å². The number of carbonyl (C=O) groups is 1. The molecule has 0 amide bonds. The molecule has 1 aliphatic heterocycles. The van der Waals surface area contributed by atoms with E-state index in [2.05, 4.69) is 26.2 Å².